The van der Waals surface area contributed by atoms with Gasteiger partial charge in [0.05, 0.1) is 16.6 Å². The first kappa shape index (κ1) is 18.4. The number of hydrogen-bond acceptors (Lipinski definition) is 3. The van der Waals surface area contributed by atoms with E-state index in [-0.39, 0.29) is 11.3 Å². The Morgan fingerprint density at radius 2 is 1.77 bits per heavy atom. The van der Waals surface area contributed by atoms with Crippen LogP contribution in [-0.4, -0.2) is 14.7 Å². The van der Waals surface area contributed by atoms with Gasteiger partial charge in [-0.3, -0.25) is 9.36 Å². The normalized spacial score (nSPS) is 10.8. The van der Waals surface area contributed by atoms with E-state index >= 15 is 0 Å². The molecule has 0 fully saturated rings. The van der Waals surface area contributed by atoms with E-state index in [2.05, 4.69) is 40.7 Å². The maximum Gasteiger partial charge on any atom is 0.265 e. The van der Waals surface area contributed by atoms with Crippen LogP contribution in [0.1, 0.15) is 17.0 Å². The van der Waals surface area contributed by atoms with Gasteiger partial charge in [0.25, 0.3) is 5.56 Å². The number of aryl methyl sites for hydroxylation is 1. The highest BCUT2D eigenvalue weighted by atomic mass is 127. The fraction of sp³-hybridized carbons (Fsp3) is 0.143. The van der Waals surface area contributed by atoms with Crippen LogP contribution in [0.25, 0.3) is 16.6 Å². The Morgan fingerprint density at radius 1 is 1.15 bits per heavy atom. The van der Waals surface area contributed by atoms with Gasteiger partial charge < -0.3 is 5.11 Å². The first-order valence-electron chi connectivity index (χ1n) is 8.22. The molecule has 3 rings (SSSR count). The minimum Gasteiger partial charge on any atom is -0.507 e. The van der Waals surface area contributed by atoms with Gasteiger partial charge in [0.15, 0.2) is 0 Å². The van der Waals surface area contributed by atoms with Crippen LogP contribution in [0.5, 0.6) is 5.75 Å². The van der Waals surface area contributed by atoms with Gasteiger partial charge >= 0.3 is 0 Å². The number of hydrogen-bond donors (Lipinski definition) is 1. The van der Waals surface area contributed by atoms with Crippen LogP contribution in [-0.2, 0) is 12.8 Å². The summed E-state index contributed by atoms with van der Waals surface area (Å²) in [6.45, 7) is 9.31. The molecule has 4 nitrogen and oxygen atoms in total. The number of aromatic hydroxyl groups is 1. The molecule has 0 unspecified atom stereocenters. The molecule has 1 aromatic heterocycles. The van der Waals surface area contributed by atoms with Crippen molar-refractivity contribution in [2.75, 3.05) is 0 Å². The lowest BCUT2D eigenvalue weighted by Gasteiger charge is -2.15. The van der Waals surface area contributed by atoms with Gasteiger partial charge in [0.2, 0.25) is 0 Å². The van der Waals surface area contributed by atoms with Crippen molar-refractivity contribution in [2.45, 2.75) is 19.8 Å². The number of allylic oxidation sites excluding steroid dienone is 2. The van der Waals surface area contributed by atoms with Gasteiger partial charge in [-0.05, 0) is 83.8 Å². The first-order chi connectivity index (χ1) is 12.5. The van der Waals surface area contributed by atoms with Crippen LogP contribution in [0.2, 0.25) is 0 Å². The Hall–Kier alpha value is -2.41. The molecule has 0 spiro atoms. The molecule has 0 bridgehead atoms. The summed E-state index contributed by atoms with van der Waals surface area (Å²) < 4.78 is 2.58. The number of aromatic nitrogens is 2. The third-order valence-electron chi connectivity index (χ3n) is 4.24. The minimum atomic E-state index is -0.120. The maximum absolute atomic E-state index is 13.1. The number of nitrogens with zero attached hydrogens (tertiary/aromatic N) is 2. The predicted molar refractivity (Wildman–Crippen MR) is 114 cm³/mol. The largest absolute Gasteiger partial charge is 0.507 e. The molecule has 132 valence electrons. The summed E-state index contributed by atoms with van der Waals surface area (Å²) in [4.78, 5) is 17.7. The second-order valence-corrected chi connectivity index (χ2v) is 7.30. The summed E-state index contributed by atoms with van der Waals surface area (Å²) in [6.07, 6.45) is 4.48. The zero-order chi connectivity index (χ0) is 18.8. The molecule has 0 saturated heterocycles. The average molecular weight is 458 g/mol. The highest BCUT2D eigenvalue weighted by Gasteiger charge is 2.14. The molecule has 0 radical (unpaired) electrons. The third-order valence-corrected chi connectivity index (χ3v) is 4.91. The lowest BCUT2D eigenvalue weighted by molar-refractivity contribution is 0.464. The lowest BCUT2D eigenvalue weighted by Crippen LogP contribution is -2.22. The SMILES string of the molecule is C=CCc1cc(-n2c(C)nc3ccc(I)cc3c2=O)cc(CC=C)c1O. The summed E-state index contributed by atoms with van der Waals surface area (Å²) in [5, 5.41) is 11.0. The van der Waals surface area contributed by atoms with Crippen LogP contribution >= 0.6 is 22.6 Å². The molecular formula is C21H19IN2O2. The smallest absolute Gasteiger partial charge is 0.265 e. The van der Waals surface area contributed by atoms with Crippen LogP contribution in [0.3, 0.4) is 0 Å². The van der Waals surface area contributed by atoms with Crippen LogP contribution in [0.15, 0.2) is 60.4 Å². The molecule has 0 saturated carbocycles. The van der Waals surface area contributed by atoms with E-state index in [0.29, 0.717) is 35.3 Å². The van der Waals surface area contributed by atoms with E-state index in [1.54, 1.807) is 16.7 Å². The average Bonchev–Trinajstić information content (AvgIpc) is 2.60. The Labute approximate surface area is 165 Å². The minimum absolute atomic E-state index is 0.120. The summed E-state index contributed by atoms with van der Waals surface area (Å²) in [7, 11) is 0. The zero-order valence-corrected chi connectivity index (χ0v) is 16.7. The molecule has 2 aromatic carbocycles. The Kier molecular flexibility index (Phi) is 5.27. The van der Waals surface area contributed by atoms with Crippen molar-refractivity contribution in [3.05, 3.63) is 86.5 Å². The van der Waals surface area contributed by atoms with Crippen molar-refractivity contribution in [2.24, 2.45) is 0 Å². The molecule has 5 heteroatoms. The van der Waals surface area contributed by atoms with E-state index in [1.807, 2.05) is 37.3 Å². The topological polar surface area (TPSA) is 55.1 Å². The molecule has 1 heterocycles. The Balaban J connectivity index is 2.33. The second kappa shape index (κ2) is 7.45. The Bertz CT molecular complexity index is 1050. The predicted octanol–water partition coefficient (Wildman–Crippen LogP) is 4.46. The molecule has 0 aliphatic carbocycles. The highest BCUT2D eigenvalue weighted by Crippen LogP contribution is 2.28. The van der Waals surface area contributed by atoms with Gasteiger partial charge in [0.1, 0.15) is 11.6 Å². The quantitative estimate of drug-likeness (QED) is 0.454. The summed E-state index contributed by atoms with van der Waals surface area (Å²) in [6, 6.07) is 9.28. The van der Waals surface area contributed by atoms with Crippen molar-refractivity contribution in [3.63, 3.8) is 0 Å². The van der Waals surface area contributed by atoms with Crippen molar-refractivity contribution >= 4 is 33.5 Å². The fourth-order valence-corrected chi connectivity index (χ4v) is 3.56. The number of halogens is 1. The summed E-state index contributed by atoms with van der Waals surface area (Å²) in [5.41, 5.74) is 2.70. The van der Waals surface area contributed by atoms with Crippen LogP contribution in [0, 0.1) is 10.5 Å². The molecule has 26 heavy (non-hydrogen) atoms. The van der Waals surface area contributed by atoms with Crippen molar-refractivity contribution in [1.29, 1.82) is 0 Å². The first-order valence-corrected chi connectivity index (χ1v) is 9.30. The molecule has 0 atom stereocenters. The van der Waals surface area contributed by atoms with E-state index in [4.69, 9.17) is 0 Å². The van der Waals surface area contributed by atoms with Gasteiger partial charge in [-0.2, -0.15) is 0 Å². The summed E-state index contributed by atoms with van der Waals surface area (Å²) in [5.74, 6) is 0.825. The lowest BCUT2D eigenvalue weighted by atomic mass is 10.0. The molecule has 0 aliphatic heterocycles. The van der Waals surface area contributed by atoms with Crippen molar-refractivity contribution in [3.8, 4) is 11.4 Å². The Morgan fingerprint density at radius 3 is 2.35 bits per heavy atom. The van der Waals surface area contributed by atoms with Crippen molar-refractivity contribution in [1.82, 2.24) is 9.55 Å². The maximum atomic E-state index is 13.1. The molecular weight excluding hydrogens is 439 g/mol. The van der Waals surface area contributed by atoms with Crippen LogP contribution < -0.4 is 5.56 Å². The molecule has 3 aromatic rings. The van der Waals surface area contributed by atoms with E-state index < -0.39 is 0 Å². The van der Waals surface area contributed by atoms with Gasteiger partial charge in [-0.25, -0.2) is 4.98 Å². The molecule has 1 N–H and O–H groups in total. The fourth-order valence-electron chi connectivity index (χ4n) is 3.07. The van der Waals surface area contributed by atoms with E-state index in [0.717, 1.165) is 14.7 Å². The number of rotatable bonds is 5. The summed E-state index contributed by atoms with van der Waals surface area (Å²) >= 11 is 2.19. The molecule has 0 amide bonds. The number of phenols is 1. The van der Waals surface area contributed by atoms with Crippen LogP contribution in [0.4, 0.5) is 0 Å². The standard InChI is InChI=1S/C21H19IN2O2/c1-4-6-14-10-17(11-15(7-5-2)20(14)25)24-13(3)23-19-9-8-16(22)12-18(19)21(24)26/h4-5,8-12,25H,1-2,6-7H2,3H3. The van der Waals surface area contributed by atoms with Gasteiger partial charge in [-0.1, -0.05) is 12.2 Å². The number of benzene rings is 2. The number of fused-ring (bicyclic) bond motifs is 1. The number of phenolic OH excluding ortho intramolecular Hbond substituents is 1. The zero-order valence-electron chi connectivity index (χ0n) is 14.5. The second-order valence-electron chi connectivity index (χ2n) is 6.06. The van der Waals surface area contributed by atoms with E-state index in [9.17, 15) is 9.90 Å². The van der Waals surface area contributed by atoms with E-state index in [1.165, 1.54) is 0 Å². The van der Waals surface area contributed by atoms with Gasteiger partial charge in [-0.15, -0.1) is 13.2 Å². The monoisotopic (exact) mass is 458 g/mol. The molecule has 0 aliphatic rings. The third kappa shape index (κ3) is 3.31. The van der Waals surface area contributed by atoms with Crippen molar-refractivity contribution < 1.29 is 5.11 Å². The van der Waals surface area contributed by atoms with Gasteiger partial charge in [0, 0.05) is 3.57 Å². The highest BCUT2D eigenvalue weighted by molar-refractivity contribution is 14.1.